The van der Waals surface area contributed by atoms with Gasteiger partial charge in [-0.15, -0.1) is 0 Å². The molecule has 2 aromatic carbocycles. The van der Waals surface area contributed by atoms with Crippen molar-refractivity contribution >= 4 is 17.5 Å². The predicted octanol–water partition coefficient (Wildman–Crippen LogP) is 1.85. The monoisotopic (exact) mass is 328 g/mol. The summed E-state index contributed by atoms with van der Waals surface area (Å²) in [5.74, 6) is -2.12. The molecule has 0 radical (unpaired) electrons. The van der Waals surface area contributed by atoms with Crippen LogP contribution in [0.5, 0.6) is 0 Å². The molecular formula is C18H17FN2O3. The van der Waals surface area contributed by atoms with Gasteiger partial charge in [-0.3, -0.25) is 9.59 Å². The normalized spacial score (nSPS) is 18.8. The molecule has 6 heteroatoms. The summed E-state index contributed by atoms with van der Waals surface area (Å²) in [5, 5.41) is 15.1. The minimum absolute atomic E-state index is 0.365. The van der Waals surface area contributed by atoms with E-state index in [1.165, 1.54) is 18.2 Å². The molecule has 0 aliphatic heterocycles. The third-order valence-electron chi connectivity index (χ3n) is 4.13. The van der Waals surface area contributed by atoms with Gasteiger partial charge in [0, 0.05) is 12.1 Å². The SMILES string of the molecule is Cc1cc(F)ccc1NC(=O)C(=O)N[C@H]1c2ccccc2C[C@H]1O. The molecule has 3 rings (SSSR count). The highest BCUT2D eigenvalue weighted by Crippen LogP contribution is 2.31. The molecule has 2 aromatic rings. The van der Waals surface area contributed by atoms with Crippen LogP contribution in [0.3, 0.4) is 0 Å². The number of amides is 2. The maximum Gasteiger partial charge on any atom is 0.313 e. The number of carbonyl (C=O) groups is 2. The molecule has 0 unspecified atom stereocenters. The Morgan fingerprint density at radius 1 is 1.17 bits per heavy atom. The third kappa shape index (κ3) is 3.14. The number of aliphatic hydroxyl groups excluding tert-OH is 1. The van der Waals surface area contributed by atoms with Crippen molar-refractivity contribution in [1.29, 1.82) is 0 Å². The number of rotatable bonds is 2. The second kappa shape index (κ2) is 6.41. The number of halogens is 1. The van der Waals surface area contributed by atoms with Gasteiger partial charge in [0.15, 0.2) is 0 Å². The predicted molar refractivity (Wildman–Crippen MR) is 86.8 cm³/mol. The number of aliphatic hydroxyl groups is 1. The molecular weight excluding hydrogens is 311 g/mol. The van der Waals surface area contributed by atoms with E-state index >= 15 is 0 Å². The van der Waals surface area contributed by atoms with Crippen molar-refractivity contribution in [2.75, 3.05) is 5.32 Å². The first-order valence-corrected chi connectivity index (χ1v) is 7.59. The number of carbonyl (C=O) groups excluding carboxylic acids is 2. The fourth-order valence-electron chi connectivity index (χ4n) is 2.90. The largest absolute Gasteiger partial charge is 0.390 e. The second-order valence-corrected chi connectivity index (χ2v) is 5.83. The molecule has 0 heterocycles. The highest BCUT2D eigenvalue weighted by molar-refractivity contribution is 6.39. The van der Waals surface area contributed by atoms with E-state index in [1.807, 2.05) is 24.3 Å². The molecule has 0 bridgehead atoms. The van der Waals surface area contributed by atoms with Gasteiger partial charge in [-0.05, 0) is 41.8 Å². The summed E-state index contributed by atoms with van der Waals surface area (Å²) in [4.78, 5) is 24.2. The Morgan fingerprint density at radius 2 is 1.92 bits per heavy atom. The van der Waals surface area contributed by atoms with Crippen LogP contribution in [-0.2, 0) is 16.0 Å². The quantitative estimate of drug-likeness (QED) is 0.736. The van der Waals surface area contributed by atoms with Gasteiger partial charge in [-0.2, -0.15) is 0 Å². The third-order valence-corrected chi connectivity index (χ3v) is 4.13. The van der Waals surface area contributed by atoms with Crippen LogP contribution in [0.2, 0.25) is 0 Å². The van der Waals surface area contributed by atoms with Gasteiger partial charge < -0.3 is 15.7 Å². The molecule has 0 aromatic heterocycles. The Bertz CT molecular complexity index is 807. The zero-order valence-corrected chi connectivity index (χ0v) is 13.0. The van der Waals surface area contributed by atoms with Crippen molar-refractivity contribution in [3.05, 3.63) is 65.0 Å². The molecule has 0 saturated heterocycles. The summed E-state index contributed by atoms with van der Waals surface area (Å²) >= 11 is 0. The molecule has 24 heavy (non-hydrogen) atoms. The molecule has 0 fully saturated rings. The van der Waals surface area contributed by atoms with Gasteiger partial charge in [-0.25, -0.2) is 4.39 Å². The van der Waals surface area contributed by atoms with Gasteiger partial charge in [0.1, 0.15) is 5.82 Å². The Hall–Kier alpha value is -2.73. The van der Waals surface area contributed by atoms with Crippen LogP contribution in [0.25, 0.3) is 0 Å². The summed E-state index contributed by atoms with van der Waals surface area (Å²) in [6.07, 6.45) is -0.341. The molecule has 5 nitrogen and oxygen atoms in total. The van der Waals surface area contributed by atoms with E-state index in [0.717, 1.165) is 11.1 Å². The van der Waals surface area contributed by atoms with E-state index in [0.29, 0.717) is 17.7 Å². The van der Waals surface area contributed by atoms with Crippen molar-refractivity contribution in [2.45, 2.75) is 25.5 Å². The highest BCUT2D eigenvalue weighted by atomic mass is 19.1. The lowest BCUT2D eigenvalue weighted by Crippen LogP contribution is -2.40. The zero-order chi connectivity index (χ0) is 17.3. The van der Waals surface area contributed by atoms with Crippen LogP contribution in [0.1, 0.15) is 22.7 Å². The Balaban J connectivity index is 1.70. The molecule has 2 amide bonds. The smallest absolute Gasteiger partial charge is 0.313 e. The van der Waals surface area contributed by atoms with E-state index < -0.39 is 29.8 Å². The lowest BCUT2D eigenvalue weighted by atomic mass is 10.1. The van der Waals surface area contributed by atoms with E-state index in [-0.39, 0.29) is 0 Å². The fourth-order valence-corrected chi connectivity index (χ4v) is 2.90. The van der Waals surface area contributed by atoms with E-state index in [1.54, 1.807) is 6.92 Å². The van der Waals surface area contributed by atoms with Crippen molar-refractivity contribution in [3.63, 3.8) is 0 Å². The summed E-state index contributed by atoms with van der Waals surface area (Å²) in [5.41, 5.74) is 2.64. The average Bonchev–Trinajstić information content (AvgIpc) is 2.86. The number of hydrogen-bond donors (Lipinski definition) is 3. The number of anilines is 1. The average molecular weight is 328 g/mol. The Labute approximate surface area is 138 Å². The molecule has 3 N–H and O–H groups in total. The van der Waals surface area contributed by atoms with Crippen molar-refractivity contribution in [2.24, 2.45) is 0 Å². The Kier molecular flexibility index (Phi) is 4.31. The molecule has 0 spiro atoms. The van der Waals surface area contributed by atoms with Crippen molar-refractivity contribution in [3.8, 4) is 0 Å². The standard InChI is InChI=1S/C18H17FN2O3/c1-10-8-12(19)6-7-14(10)20-17(23)18(24)21-16-13-5-3-2-4-11(13)9-15(16)22/h2-8,15-16,22H,9H2,1H3,(H,20,23)(H,21,24)/t15-,16+/m1/s1. The van der Waals surface area contributed by atoms with Crippen LogP contribution in [-0.4, -0.2) is 23.0 Å². The van der Waals surface area contributed by atoms with Crippen LogP contribution in [0.15, 0.2) is 42.5 Å². The van der Waals surface area contributed by atoms with Crippen LogP contribution in [0, 0.1) is 12.7 Å². The van der Waals surface area contributed by atoms with Gasteiger partial charge in [0.2, 0.25) is 0 Å². The van der Waals surface area contributed by atoms with Gasteiger partial charge in [-0.1, -0.05) is 24.3 Å². The summed E-state index contributed by atoms with van der Waals surface area (Å²) in [6.45, 7) is 1.63. The number of benzene rings is 2. The number of hydrogen-bond acceptors (Lipinski definition) is 3. The molecule has 1 aliphatic carbocycles. The highest BCUT2D eigenvalue weighted by Gasteiger charge is 2.33. The number of fused-ring (bicyclic) bond motifs is 1. The van der Waals surface area contributed by atoms with Crippen molar-refractivity contribution in [1.82, 2.24) is 5.32 Å². The zero-order valence-electron chi connectivity index (χ0n) is 13.0. The van der Waals surface area contributed by atoms with E-state index in [9.17, 15) is 19.1 Å². The topological polar surface area (TPSA) is 78.4 Å². The fraction of sp³-hybridized carbons (Fsp3) is 0.222. The first-order chi connectivity index (χ1) is 11.5. The van der Waals surface area contributed by atoms with Crippen molar-refractivity contribution < 1.29 is 19.1 Å². The number of nitrogens with one attached hydrogen (secondary N) is 2. The minimum Gasteiger partial charge on any atom is -0.390 e. The summed E-state index contributed by atoms with van der Waals surface area (Å²) < 4.78 is 13.1. The van der Waals surface area contributed by atoms with E-state index in [4.69, 9.17) is 0 Å². The van der Waals surface area contributed by atoms with Gasteiger partial charge in [0.05, 0.1) is 12.1 Å². The number of aryl methyl sites for hydroxylation is 1. The van der Waals surface area contributed by atoms with Crippen LogP contribution < -0.4 is 10.6 Å². The maximum absolute atomic E-state index is 13.1. The molecule has 2 atom stereocenters. The molecule has 124 valence electrons. The van der Waals surface area contributed by atoms with Crippen LogP contribution >= 0.6 is 0 Å². The molecule has 0 saturated carbocycles. The Morgan fingerprint density at radius 3 is 2.67 bits per heavy atom. The molecule has 1 aliphatic rings. The van der Waals surface area contributed by atoms with Gasteiger partial charge in [0.25, 0.3) is 0 Å². The minimum atomic E-state index is -0.860. The van der Waals surface area contributed by atoms with Gasteiger partial charge >= 0.3 is 11.8 Å². The second-order valence-electron chi connectivity index (χ2n) is 5.83. The maximum atomic E-state index is 13.1. The van der Waals surface area contributed by atoms with Crippen LogP contribution in [0.4, 0.5) is 10.1 Å². The first kappa shape index (κ1) is 16.1. The summed E-state index contributed by atoms with van der Waals surface area (Å²) in [7, 11) is 0. The lowest BCUT2D eigenvalue weighted by molar-refractivity contribution is -0.137. The summed E-state index contributed by atoms with van der Waals surface area (Å²) in [6, 6.07) is 10.6. The first-order valence-electron chi connectivity index (χ1n) is 7.59. The lowest BCUT2D eigenvalue weighted by Gasteiger charge is -2.17. The van der Waals surface area contributed by atoms with E-state index in [2.05, 4.69) is 10.6 Å².